The molecule has 4 nitrogen and oxygen atoms in total. The first kappa shape index (κ1) is 33.9. The first-order valence-corrected chi connectivity index (χ1v) is 15.1. The zero-order valence-corrected chi connectivity index (χ0v) is 24.2. The van der Waals surface area contributed by atoms with Crippen LogP contribution >= 0.6 is 0 Å². The minimum atomic E-state index is -0.0220. The molecule has 0 saturated carbocycles. The normalized spacial score (nSPS) is 12.3. The second kappa shape index (κ2) is 24.6. The van der Waals surface area contributed by atoms with E-state index < -0.39 is 0 Å². The Hall–Kier alpha value is -1.06. The number of ether oxygens (including phenoxy) is 2. The van der Waals surface area contributed by atoms with Crippen LogP contribution in [0.15, 0.2) is 0 Å². The average Bonchev–Trinajstić information content (AvgIpc) is 2.80. The maximum atomic E-state index is 11.9. The minimum Gasteiger partial charge on any atom is -0.466 e. The molecule has 0 rings (SSSR count). The summed E-state index contributed by atoms with van der Waals surface area (Å²) in [5.41, 5.74) is 0. The van der Waals surface area contributed by atoms with Crippen LogP contribution < -0.4 is 0 Å². The summed E-state index contributed by atoms with van der Waals surface area (Å²) in [6.07, 6.45) is 20.9. The van der Waals surface area contributed by atoms with Crippen molar-refractivity contribution < 1.29 is 19.1 Å². The van der Waals surface area contributed by atoms with Gasteiger partial charge in [0.15, 0.2) is 0 Å². The van der Waals surface area contributed by atoms with Crippen molar-refractivity contribution in [3.8, 4) is 0 Å². The predicted octanol–water partition coefficient (Wildman–Crippen LogP) is 9.43. The quantitative estimate of drug-likeness (QED) is 0.0932. The summed E-state index contributed by atoms with van der Waals surface area (Å²) in [4.78, 5) is 23.7. The van der Waals surface area contributed by atoms with Gasteiger partial charge in [-0.25, -0.2) is 0 Å². The topological polar surface area (TPSA) is 52.6 Å². The first-order chi connectivity index (χ1) is 16.8. The van der Waals surface area contributed by atoms with E-state index in [4.69, 9.17) is 9.47 Å². The number of rotatable bonds is 25. The Morgan fingerprint density at radius 2 is 0.857 bits per heavy atom. The molecule has 4 heteroatoms. The molecular weight excluding hydrogens is 436 g/mol. The third-order valence-corrected chi connectivity index (χ3v) is 6.80. The largest absolute Gasteiger partial charge is 0.466 e. The number of carbonyl (C=O) groups is 2. The first-order valence-electron chi connectivity index (χ1n) is 15.1. The number of unbranched alkanes of at least 4 members (excludes halogenated alkanes) is 10. The Bertz CT molecular complexity index is 486. The van der Waals surface area contributed by atoms with Crippen molar-refractivity contribution in [2.75, 3.05) is 13.2 Å². The summed E-state index contributed by atoms with van der Waals surface area (Å²) in [5, 5.41) is 0. The van der Waals surface area contributed by atoms with Crippen LogP contribution in [0.3, 0.4) is 0 Å². The van der Waals surface area contributed by atoms with Crippen molar-refractivity contribution in [3.05, 3.63) is 0 Å². The lowest BCUT2D eigenvalue weighted by Crippen LogP contribution is -2.08. The summed E-state index contributed by atoms with van der Waals surface area (Å²) >= 11 is 0. The van der Waals surface area contributed by atoms with Crippen molar-refractivity contribution in [1.29, 1.82) is 0 Å². The SMILES string of the molecule is CC(C)CCCCCOC(=O)CCCCCCCCCC(C)CCC(=O)OCCCCCC(C)C. The Balaban J connectivity index is 3.38. The Labute approximate surface area is 218 Å². The van der Waals surface area contributed by atoms with Gasteiger partial charge >= 0.3 is 11.9 Å². The molecule has 1 atom stereocenters. The molecule has 0 radical (unpaired) electrons. The van der Waals surface area contributed by atoms with E-state index in [-0.39, 0.29) is 11.9 Å². The van der Waals surface area contributed by atoms with Crippen LogP contribution in [0.25, 0.3) is 0 Å². The predicted molar refractivity (Wildman–Crippen MR) is 148 cm³/mol. The molecule has 0 heterocycles. The molecule has 0 aromatic carbocycles. The summed E-state index contributed by atoms with van der Waals surface area (Å²) in [6.45, 7) is 12.4. The van der Waals surface area contributed by atoms with Crippen molar-refractivity contribution in [1.82, 2.24) is 0 Å². The fourth-order valence-electron chi connectivity index (χ4n) is 4.33. The Morgan fingerprint density at radius 3 is 1.37 bits per heavy atom. The van der Waals surface area contributed by atoms with Gasteiger partial charge in [-0.3, -0.25) is 9.59 Å². The molecular formula is C31H60O4. The van der Waals surface area contributed by atoms with E-state index in [9.17, 15) is 9.59 Å². The van der Waals surface area contributed by atoms with Crippen molar-refractivity contribution in [2.45, 2.75) is 157 Å². The molecule has 1 unspecified atom stereocenters. The van der Waals surface area contributed by atoms with Gasteiger partial charge in [0, 0.05) is 12.8 Å². The highest BCUT2D eigenvalue weighted by Crippen LogP contribution is 2.17. The highest BCUT2D eigenvalue weighted by molar-refractivity contribution is 5.69. The number of esters is 2. The van der Waals surface area contributed by atoms with Gasteiger partial charge in [0.25, 0.3) is 0 Å². The third-order valence-electron chi connectivity index (χ3n) is 6.80. The monoisotopic (exact) mass is 496 g/mol. The van der Waals surface area contributed by atoms with Crippen LogP contribution in [-0.2, 0) is 19.1 Å². The van der Waals surface area contributed by atoms with E-state index in [1.807, 2.05) is 0 Å². The van der Waals surface area contributed by atoms with Gasteiger partial charge in [0.1, 0.15) is 0 Å². The number of carbonyl (C=O) groups excluding carboxylic acids is 2. The molecule has 35 heavy (non-hydrogen) atoms. The molecule has 0 aliphatic carbocycles. The zero-order chi connectivity index (χ0) is 26.2. The second-order valence-corrected chi connectivity index (χ2v) is 11.6. The number of hydrogen-bond acceptors (Lipinski definition) is 4. The summed E-state index contributed by atoms with van der Waals surface area (Å²) < 4.78 is 10.7. The van der Waals surface area contributed by atoms with Crippen molar-refractivity contribution in [3.63, 3.8) is 0 Å². The van der Waals surface area contributed by atoms with Gasteiger partial charge in [-0.1, -0.05) is 118 Å². The fourth-order valence-corrected chi connectivity index (χ4v) is 4.33. The van der Waals surface area contributed by atoms with Gasteiger partial charge in [-0.05, 0) is 43.4 Å². The standard InChI is InChI=1S/C31H60O4/c1-27(2)19-13-11-17-25-34-30(32)22-16-10-8-6-7-9-15-21-29(5)23-24-31(33)35-26-18-12-14-20-28(3)4/h27-29H,6-26H2,1-5H3. The molecule has 0 aliphatic heterocycles. The van der Waals surface area contributed by atoms with Gasteiger partial charge in [0.05, 0.1) is 13.2 Å². The van der Waals surface area contributed by atoms with Crippen LogP contribution in [0.5, 0.6) is 0 Å². The molecule has 0 aliphatic rings. The van der Waals surface area contributed by atoms with Gasteiger partial charge < -0.3 is 9.47 Å². The summed E-state index contributed by atoms with van der Waals surface area (Å²) in [5.74, 6) is 2.08. The lowest BCUT2D eigenvalue weighted by atomic mass is 9.97. The zero-order valence-electron chi connectivity index (χ0n) is 24.2. The van der Waals surface area contributed by atoms with Gasteiger partial charge in [-0.15, -0.1) is 0 Å². The number of hydrogen-bond donors (Lipinski definition) is 0. The van der Waals surface area contributed by atoms with E-state index in [2.05, 4.69) is 34.6 Å². The van der Waals surface area contributed by atoms with E-state index in [0.717, 1.165) is 56.8 Å². The van der Waals surface area contributed by atoms with E-state index in [0.29, 0.717) is 32.0 Å². The van der Waals surface area contributed by atoms with Gasteiger partial charge in [-0.2, -0.15) is 0 Å². The molecule has 0 fully saturated rings. The molecule has 0 amide bonds. The van der Waals surface area contributed by atoms with E-state index >= 15 is 0 Å². The Kier molecular flexibility index (Phi) is 23.9. The summed E-state index contributed by atoms with van der Waals surface area (Å²) in [6, 6.07) is 0. The molecule has 0 spiro atoms. The maximum absolute atomic E-state index is 11.9. The molecule has 0 saturated heterocycles. The molecule has 0 aromatic rings. The van der Waals surface area contributed by atoms with E-state index in [1.165, 1.54) is 64.2 Å². The average molecular weight is 497 g/mol. The molecule has 0 N–H and O–H groups in total. The van der Waals surface area contributed by atoms with Crippen molar-refractivity contribution >= 4 is 11.9 Å². The van der Waals surface area contributed by atoms with Crippen LogP contribution in [-0.4, -0.2) is 25.2 Å². The van der Waals surface area contributed by atoms with E-state index in [1.54, 1.807) is 0 Å². The fraction of sp³-hybridized carbons (Fsp3) is 0.935. The van der Waals surface area contributed by atoms with Crippen LogP contribution in [0.2, 0.25) is 0 Å². The molecule has 0 aromatic heterocycles. The maximum Gasteiger partial charge on any atom is 0.305 e. The second-order valence-electron chi connectivity index (χ2n) is 11.6. The van der Waals surface area contributed by atoms with Crippen LogP contribution in [0, 0.1) is 17.8 Å². The molecule has 0 bridgehead atoms. The van der Waals surface area contributed by atoms with Crippen LogP contribution in [0.4, 0.5) is 0 Å². The van der Waals surface area contributed by atoms with Crippen molar-refractivity contribution in [2.24, 2.45) is 17.8 Å². The van der Waals surface area contributed by atoms with Crippen LogP contribution in [0.1, 0.15) is 157 Å². The lowest BCUT2D eigenvalue weighted by Gasteiger charge is -2.11. The third kappa shape index (κ3) is 27.4. The summed E-state index contributed by atoms with van der Waals surface area (Å²) in [7, 11) is 0. The minimum absolute atomic E-state index is 0.0200. The smallest absolute Gasteiger partial charge is 0.305 e. The highest BCUT2D eigenvalue weighted by Gasteiger charge is 2.08. The lowest BCUT2D eigenvalue weighted by molar-refractivity contribution is -0.145. The highest BCUT2D eigenvalue weighted by atomic mass is 16.5. The van der Waals surface area contributed by atoms with Gasteiger partial charge in [0.2, 0.25) is 0 Å². The molecule has 208 valence electrons. The Morgan fingerprint density at radius 1 is 0.457 bits per heavy atom.